The highest BCUT2D eigenvalue weighted by Gasteiger charge is 2.08. The van der Waals surface area contributed by atoms with Crippen LogP contribution in [0.5, 0.6) is 5.75 Å². The zero-order chi connectivity index (χ0) is 29.1. The Hall–Kier alpha value is -3.51. The van der Waals surface area contributed by atoms with Crippen LogP contribution in [0.2, 0.25) is 0 Å². The maximum atomic E-state index is 5.27. The minimum Gasteiger partial charge on any atom is -0.497 e. The molecular weight excluding hydrogens is 470 g/mol. The third-order valence-corrected chi connectivity index (χ3v) is 5.55. The fourth-order valence-corrected chi connectivity index (χ4v) is 3.72. The molecule has 6 heteroatoms. The highest BCUT2D eigenvalue weighted by Crippen LogP contribution is 2.17. The van der Waals surface area contributed by atoms with Crippen molar-refractivity contribution in [1.82, 2.24) is 10.2 Å². The summed E-state index contributed by atoms with van der Waals surface area (Å²) in [4.78, 5) is 6.57. The molecule has 0 fully saturated rings. The lowest BCUT2D eigenvalue weighted by atomic mass is 10.0. The molecule has 1 aliphatic heterocycles. The molecule has 0 radical (unpaired) electrons. The average molecular weight is 522 g/mol. The first-order valence-electron chi connectivity index (χ1n) is 13.3. The fraction of sp³-hybridized carbons (Fsp3) is 0.406. The minimum absolute atomic E-state index is 0.167. The lowest BCUT2D eigenvalue weighted by Gasteiger charge is -2.18. The molecular formula is C32H51N5O. The fourth-order valence-electron chi connectivity index (χ4n) is 3.72. The van der Waals surface area contributed by atoms with Gasteiger partial charge in [0.25, 0.3) is 0 Å². The number of allylic oxidation sites excluding steroid dienone is 1. The molecule has 0 saturated heterocycles. The molecule has 0 saturated carbocycles. The van der Waals surface area contributed by atoms with Gasteiger partial charge in [-0.3, -0.25) is 9.89 Å². The Morgan fingerprint density at radius 3 is 2.21 bits per heavy atom. The largest absolute Gasteiger partial charge is 0.497 e. The number of benzene rings is 2. The van der Waals surface area contributed by atoms with Crippen LogP contribution in [-0.4, -0.2) is 31.4 Å². The van der Waals surface area contributed by atoms with E-state index in [0.717, 1.165) is 31.2 Å². The lowest BCUT2D eigenvalue weighted by Crippen LogP contribution is -2.17. The summed E-state index contributed by atoms with van der Waals surface area (Å²) in [6, 6.07) is 14.8. The second-order valence-corrected chi connectivity index (χ2v) is 9.03. The predicted molar refractivity (Wildman–Crippen MR) is 167 cm³/mol. The van der Waals surface area contributed by atoms with Crippen molar-refractivity contribution < 1.29 is 4.74 Å². The number of nitrogens with one attached hydrogen (secondary N) is 1. The van der Waals surface area contributed by atoms with E-state index in [2.05, 4.69) is 86.5 Å². The van der Waals surface area contributed by atoms with Gasteiger partial charge in [-0.25, -0.2) is 0 Å². The highest BCUT2D eigenvalue weighted by molar-refractivity contribution is 5.83. The van der Waals surface area contributed by atoms with Crippen molar-refractivity contribution in [3.63, 3.8) is 0 Å². The van der Waals surface area contributed by atoms with Crippen molar-refractivity contribution in [3.8, 4) is 5.75 Å². The van der Waals surface area contributed by atoms with Gasteiger partial charge >= 0.3 is 0 Å². The summed E-state index contributed by atoms with van der Waals surface area (Å²) in [6.07, 6.45) is 4.32. The number of ether oxygens (including phenoxy) is 1. The van der Waals surface area contributed by atoms with E-state index in [1.54, 1.807) is 7.11 Å². The van der Waals surface area contributed by atoms with Crippen molar-refractivity contribution in [2.24, 2.45) is 16.5 Å². The maximum absolute atomic E-state index is 5.27. The van der Waals surface area contributed by atoms with Crippen LogP contribution in [0.15, 0.2) is 77.7 Å². The number of nitrogens with two attached hydrogens (primary N) is 2. The number of methoxy groups -OCH3 is 1. The van der Waals surface area contributed by atoms with Crippen LogP contribution in [0.25, 0.3) is 6.08 Å². The molecule has 0 atom stereocenters. The number of hydrogen-bond acceptors (Lipinski definition) is 6. The predicted octanol–water partition coefficient (Wildman–Crippen LogP) is 6.76. The SMILES string of the molecule is C=C(N)N.C=Cc1cc(CN(C)Cc2cccc(OC)c2)ccc1C.CC.CCC/C(C)=C1/CN=C(C)N1. The Kier molecular flexibility index (Phi) is 17.8. The molecule has 0 spiro atoms. The molecule has 6 nitrogen and oxygen atoms in total. The third-order valence-electron chi connectivity index (χ3n) is 5.55. The van der Waals surface area contributed by atoms with E-state index >= 15 is 0 Å². The molecule has 38 heavy (non-hydrogen) atoms. The average Bonchev–Trinajstić information content (AvgIpc) is 3.33. The molecule has 0 bridgehead atoms. The van der Waals surface area contributed by atoms with Crippen LogP contribution in [-0.2, 0) is 13.1 Å². The van der Waals surface area contributed by atoms with Gasteiger partial charge in [-0.05, 0) is 68.6 Å². The Labute approximate surface area is 232 Å². The summed E-state index contributed by atoms with van der Waals surface area (Å²) in [5.74, 6) is 2.13. The number of aliphatic imine (C=N–C) groups is 1. The van der Waals surface area contributed by atoms with Gasteiger partial charge in [-0.1, -0.05) is 82.3 Å². The van der Waals surface area contributed by atoms with E-state index in [4.69, 9.17) is 16.2 Å². The van der Waals surface area contributed by atoms with E-state index < -0.39 is 0 Å². The molecule has 0 aliphatic carbocycles. The summed E-state index contributed by atoms with van der Waals surface area (Å²) in [5, 5.41) is 3.27. The number of nitrogens with zero attached hydrogens (tertiary/aromatic N) is 2. The van der Waals surface area contributed by atoms with E-state index in [0.29, 0.717) is 0 Å². The summed E-state index contributed by atoms with van der Waals surface area (Å²) < 4.78 is 5.27. The van der Waals surface area contributed by atoms with Crippen LogP contribution < -0.4 is 21.5 Å². The van der Waals surface area contributed by atoms with Crippen LogP contribution >= 0.6 is 0 Å². The molecule has 210 valence electrons. The quantitative estimate of drug-likeness (QED) is 0.357. The minimum atomic E-state index is 0.167. The second kappa shape index (κ2) is 19.6. The topological polar surface area (TPSA) is 88.9 Å². The molecule has 0 amide bonds. The van der Waals surface area contributed by atoms with Crippen molar-refractivity contribution in [3.05, 3.63) is 95.0 Å². The van der Waals surface area contributed by atoms with E-state index in [1.165, 1.54) is 46.4 Å². The molecule has 3 rings (SSSR count). The lowest BCUT2D eigenvalue weighted by molar-refractivity contribution is 0.318. The summed E-state index contributed by atoms with van der Waals surface area (Å²) in [5.41, 5.74) is 17.2. The van der Waals surface area contributed by atoms with E-state index in [9.17, 15) is 0 Å². The van der Waals surface area contributed by atoms with Gasteiger partial charge in [0.2, 0.25) is 0 Å². The van der Waals surface area contributed by atoms with E-state index in [1.807, 2.05) is 39.0 Å². The zero-order valence-electron chi connectivity index (χ0n) is 25.0. The zero-order valence-corrected chi connectivity index (χ0v) is 25.0. The standard InChI is InChI=1S/C19H23NO.C9H16N2.C2H6N2.C2H6/c1-5-18-11-17(10-9-15(18)2)14-20(3)13-16-7-6-8-19(12-16)21-4;1-4-5-7(2)9-6-10-8(3)11-9;1-2(3)4;1-2/h5-12H,1,13-14H2,2-4H3;4-6H2,1-3H3,(H,10,11);1,3-4H2;1-2H3/b;9-7-;;. The van der Waals surface area contributed by atoms with Gasteiger partial charge in [0.05, 0.1) is 25.3 Å². The first-order valence-corrected chi connectivity index (χ1v) is 13.3. The molecule has 2 aromatic rings. The number of rotatable bonds is 8. The Morgan fingerprint density at radius 2 is 1.71 bits per heavy atom. The van der Waals surface area contributed by atoms with Crippen LogP contribution in [0.4, 0.5) is 0 Å². The van der Waals surface area contributed by atoms with Gasteiger partial charge < -0.3 is 21.5 Å². The van der Waals surface area contributed by atoms with Crippen LogP contribution in [0.1, 0.15) is 69.7 Å². The van der Waals surface area contributed by atoms with Gasteiger partial charge in [0, 0.05) is 18.8 Å². The Bertz CT molecular complexity index is 1050. The monoisotopic (exact) mass is 521 g/mol. The van der Waals surface area contributed by atoms with Gasteiger partial charge in [-0.15, -0.1) is 0 Å². The maximum Gasteiger partial charge on any atom is 0.119 e. The molecule has 1 heterocycles. The highest BCUT2D eigenvalue weighted by atomic mass is 16.5. The van der Waals surface area contributed by atoms with Gasteiger partial charge in [-0.2, -0.15) is 0 Å². The first kappa shape index (κ1) is 34.5. The molecule has 5 N–H and O–H groups in total. The summed E-state index contributed by atoms with van der Waals surface area (Å²) in [6.45, 7) is 22.2. The molecule has 0 aromatic heterocycles. The second-order valence-electron chi connectivity index (χ2n) is 9.03. The summed E-state index contributed by atoms with van der Waals surface area (Å²) >= 11 is 0. The van der Waals surface area contributed by atoms with Crippen molar-refractivity contribution in [1.29, 1.82) is 0 Å². The molecule has 0 unspecified atom stereocenters. The molecule has 2 aromatic carbocycles. The Balaban J connectivity index is 0.000000672. The van der Waals surface area contributed by atoms with Gasteiger partial charge in [0.1, 0.15) is 5.75 Å². The molecule has 1 aliphatic rings. The van der Waals surface area contributed by atoms with Crippen LogP contribution in [0.3, 0.4) is 0 Å². The van der Waals surface area contributed by atoms with Crippen molar-refractivity contribution in [2.45, 2.75) is 67.5 Å². The Morgan fingerprint density at radius 1 is 1.11 bits per heavy atom. The van der Waals surface area contributed by atoms with Crippen molar-refractivity contribution in [2.75, 3.05) is 20.7 Å². The van der Waals surface area contributed by atoms with Gasteiger partial charge in [0.15, 0.2) is 0 Å². The smallest absolute Gasteiger partial charge is 0.119 e. The van der Waals surface area contributed by atoms with E-state index in [-0.39, 0.29) is 5.82 Å². The normalized spacial score (nSPS) is 12.8. The number of amidine groups is 1. The van der Waals surface area contributed by atoms with Crippen LogP contribution in [0, 0.1) is 6.92 Å². The number of aryl methyl sites for hydroxylation is 1. The number of hydrogen-bond donors (Lipinski definition) is 3. The summed E-state index contributed by atoms with van der Waals surface area (Å²) in [7, 11) is 3.83. The first-order chi connectivity index (χ1) is 18.1. The van der Waals surface area contributed by atoms with Crippen molar-refractivity contribution >= 4 is 11.9 Å². The third kappa shape index (κ3) is 14.3.